The van der Waals surface area contributed by atoms with E-state index in [1.165, 1.54) is 30.5 Å². The SMILES string of the molecule is CC(C)C(C(=O)NO)N(Cc1cccnc1)S(=O)(=O)c1ccc(O)cc1. The topological polar surface area (TPSA) is 120 Å². The summed E-state index contributed by atoms with van der Waals surface area (Å²) in [4.78, 5) is 16.1. The molecular weight excluding hydrogens is 358 g/mol. The van der Waals surface area contributed by atoms with Gasteiger partial charge in [-0.25, -0.2) is 13.9 Å². The molecule has 0 bridgehead atoms. The largest absolute Gasteiger partial charge is 0.508 e. The van der Waals surface area contributed by atoms with Crippen LogP contribution in [-0.2, 0) is 21.4 Å². The second-order valence-electron chi connectivity index (χ2n) is 6.07. The van der Waals surface area contributed by atoms with Gasteiger partial charge in [0.05, 0.1) is 4.90 Å². The second kappa shape index (κ2) is 8.26. The number of hydroxylamine groups is 1. The third kappa shape index (κ3) is 4.37. The van der Waals surface area contributed by atoms with Crippen molar-refractivity contribution in [3.8, 4) is 5.75 Å². The number of pyridine rings is 1. The number of carbonyl (C=O) groups is 1. The number of aromatic hydroxyl groups is 1. The van der Waals surface area contributed by atoms with Gasteiger partial charge in [-0.15, -0.1) is 0 Å². The second-order valence-corrected chi connectivity index (χ2v) is 7.96. The van der Waals surface area contributed by atoms with Crippen LogP contribution in [-0.4, -0.2) is 40.0 Å². The first-order valence-corrected chi connectivity index (χ1v) is 9.35. The maximum atomic E-state index is 13.2. The van der Waals surface area contributed by atoms with Crippen molar-refractivity contribution in [1.82, 2.24) is 14.8 Å². The highest BCUT2D eigenvalue weighted by Crippen LogP contribution is 2.25. The molecule has 0 aliphatic carbocycles. The minimum absolute atomic E-state index is 0.0729. The van der Waals surface area contributed by atoms with Crippen molar-refractivity contribution in [3.63, 3.8) is 0 Å². The number of phenolic OH excluding ortho intramolecular Hbond substituents is 1. The van der Waals surface area contributed by atoms with Crippen LogP contribution >= 0.6 is 0 Å². The Balaban J connectivity index is 2.54. The van der Waals surface area contributed by atoms with Crippen LogP contribution in [0.15, 0.2) is 53.7 Å². The summed E-state index contributed by atoms with van der Waals surface area (Å²) in [5, 5.41) is 18.5. The Bertz CT molecular complexity index is 838. The number of benzene rings is 1. The van der Waals surface area contributed by atoms with E-state index in [2.05, 4.69) is 4.98 Å². The zero-order valence-electron chi connectivity index (χ0n) is 14.4. The summed E-state index contributed by atoms with van der Waals surface area (Å²) >= 11 is 0. The van der Waals surface area contributed by atoms with Crippen LogP contribution in [0.2, 0.25) is 0 Å². The first kappa shape index (κ1) is 19.8. The van der Waals surface area contributed by atoms with Crippen molar-refractivity contribution in [2.45, 2.75) is 31.3 Å². The molecule has 8 nitrogen and oxygen atoms in total. The number of nitrogens with one attached hydrogen (secondary N) is 1. The molecule has 1 atom stereocenters. The molecule has 1 heterocycles. The molecule has 9 heteroatoms. The Kier molecular flexibility index (Phi) is 6.30. The number of rotatable bonds is 7. The van der Waals surface area contributed by atoms with Crippen molar-refractivity contribution in [2.24, 2.45) is 5.92 Å². The molecule has 0 spiro atoms. The van der Waals surface area contributed by atoms with E-state index in [-0.39, 0.29) is 17.2 Å². The van der Waals surface area contributed by atoms with Gasteiger partial charge in [0.15, 0.2) is 0 Å². The summed E-state index contributed by atoms with van der Waals surface area (Å²) in [6.07, 6.45) is 3.07. The highest BCUT2D eigenvalue weighted by atomic mass is 32.2. The molecule has 0 radical (unpaired) electrons. The lowest BCUT2D eigenvalue weighted by Crippen LogP contribution is -2.51. The van der Waals surface area contributed by atoms with Crippen LogP contribution in [0, 0.1) is 5.92 Å². The summed E-state index contributed by atoms with van der Waals surface area (Å²) in [6.45, 7) is 3.26. The van der Waals surface area contributed by atoms with Gasteiger partial charge in [-0.05, 0) is 41.8 Å². The van der Waals surface area contributed by atoms with Crippen molar-refractivity contribution in [1.29, 1.82) is 0 Å². The van der Waals surface area contributed by atoms with Gasteiger partial charge in [-0.2, -0.15) is 4.31 Å². The highest BCUT2D eigenvalue weighted by Gasteiger charge is 2.38. The molecule has 1 amide bonds. The Morgan fingerprint density at radius 3 is 2.38 bits per heavy atom. The van der Waals surface area contributed by atoms with Crippen LogP contribution in [0.4, 0.5) is 0 Å². The molecule has 1 aromatic heterocycles. The molecule has 1 unspecified atom stereocenters. The fraction of sp³-hybridized carbons (Fsp3) is 0.294. The quantitative estimate of drug-likeness (QED) is 0.495. The Morgan fingerprint density at radius 1 is 1.23 bits per heavy atom. The molecule has 2 aromatic rings. The molecule has 0 saturated heterocycles. The summed E-state index contributed by atoms with van der Waals surface area (Å²) < 4.78 is 27.4. The monoisotopic (exact) mass is 379 g/mol. The van der Waals surface area contributed by atoms with E-state index in [1.54, 1.807) is 37.7 Å². The lowest BCUT2D eigenvalue weighted by atomic mass is 10.0. The van der Waals surface area contributed by atoms with Crippen molar-refractivity contribution in [3.05, 3.63) is 54.4 Å². The predicted molar refractivity (Wildman–Crippen MR) is 93.6 cm³/mol. The lowest BCUT2D eigenvalue weighted by molar-refractivity contribution is -0.134. The van der Waals surface area contributed by atoms with Gasteiger partial charge in [0.2, 0.25) is 10.0 Å². The number of hydrogen-bond acceptors (Lipinski definition) is 6. The predicted octanol–water partition coefficient (Wildman–Crippen LogP) is 1.51. The maximum absolute atomic E-state index is 13.2. The molecule has 2 rings (SSSR count). The number of sulfonamides is 1. The molecule has 1 aromatic carbocycles. The van der Waals surface area contributed by atoms with Gasteiger partial charge >= 0.3 is 0 Å². The smallest absolute Gasteiger partial charge is 0.262 e. The van der Waals surface area contributed by atoms with Crippen LogP contribution in [0.1, 0.15) is 19.4 Å². The number of amides is 1. The van der Waals surface area contributed by atoms with Gasteiger partial charge in [-0.1, -0.05) is 19.9 Å². The highest BCUT2D eigenvalue weighted by molar-refractivity contribution is 7.89. The summed E-state index contributed by atoms with van der Waals surface area (Å²) in [6, 6.07) is 7.25. The zero-order chi connectivity index (χ0) is 19.3. The normalized spacial score (nSPS) is 13.0. The number of aromatic nitrogens is 1. The summed E-state index contributed by atoms with van der Waals surface area (Å²) in [5.41, 5.74) is 2.13. The maximum Gasteiger partial charge on any atom is 0.262 e. The van der Waals surface area contributed by atoms with E-state index in [0.29, 0.717) is 5.56 Å². The van der Waals surface area contributed by atoms with Gasteiger partial charge in [0.1, 0.15) is 11.8 Å². The van der Waals surface area contributed by atoms with Crippen LogP contribution < -0.4 is 5.48 Å². The van der Waals surface area contributed by atoms with E-state index in [1.807, 2.05) is 0 Å². The van der Waals surface area contributed by atoms with Gasteiger partial charge in [-0.3, -0.25) is 15.0 Å². The van der Waals surface area contributed by atoms with E-state index in [0.717, 1.165) is 4.31 Å². The molecule has 0 aliphatic rings. The lowest BCUT2D eigenvalue weighted by Gasteiger charge is -2.31. The van der Waals surface area contributed by atoms with Crippen LogP contribution in [0.3, 0.4) is 0 Å². The molecule has 26 heavy (non-hydrogen) atoms. The number of phenols is 1. The van der Waals surface area contributed by atoms with Crippen LogP contribution in [0.5, 0.6) is 5.75 Å². The fourth-order valence-corrected chi connectivity index (χ4v) is 4.30. The van der Waals surface area contributed by atoms with E-state index >= 15 is 0 Å². The summed E-state index contributed by atoms with van der Waals surface area (Å²) in [5.74, 6) is -1.31. The standard InChI is InChI=1S/C17H21N3O5S/c1-12(2)16(17(22)19-23)20(11-13-4-3-9-18-10-13)26(24,25)15-7-5-14(21)6-8-15/h3-10,12,16,21,23H,11H2,1-2H3,(H,19,22). The average molecular weight is 379 g/mol. The van der Waals surface area contributed by atoms with Crippen molar-refractivity contribution >= 4 is 15.9 Å². The van der Waals surface area contributed by atoms with Gasteiger partial charge in [0.25, 0.3) is 5.91 Å². The molecule has 140 valence electrons. The van der Waals surface area contributed by atoms with E-state index in [4.69, 9.17) is 5.21 Å². The first-order valence-electron chi connectivity index (χ1n) is 7.91. The molecular formula is C17H21N3O5S. The van der Waals surface area contributed by atoms with E-state index in [9.17, 15) is 18.3 Å². The van der Waals surface area contributed by atoms with Crippen molar-refractivity contribution < 1.29 is 23.5 Å². The van der Waals surface area contributed by atoms with Gasteiger partial charge in [0, 0.05) is 18.9 Å². The molecule has 0 saturated carbocycles. The fourth-order valence-electron chi connectivity index (χ4n) is 2.59. The Labute approximate surface area is 152 Å². The van der Waals surface area contributed by atoms with Crippen molar-refractivity contribution in [2.75, 3.05) is 0 Å². The Morgan fingerprint density at radius 2 is 1.88 bits per heavy atom. The third-order valence-electron chi connectivity index (χ3n) is 3.83. The Hall–Kier alpha value is -2.49. The minimum Gasteiger partial charge on any atom is -0.508 e. The van der Waals surface area contributed by atoms with Crippen LogP contribution in [0.25, 0.3) is 0 Å². The zero-order valence-corrected chi connectivity index (χ0v) is 15.2. The molecule has 0 aliphatic heterocycles. The molecule has 0 fully saturated rings. The van der Waals surface area contributed by atoms with E-state index < -0.39 is 27.9 Å². The van der Waals surface area contributed by atoms with Gasteiger partial charge < -0.3 is 5.11 Å². The third-order valence-corrected chi connectivity index (χ3v) is 5.67. The first-order chi connectivity index (χ1) is 12.3. The summed E-state index contributed by atoms with van der Waals surface area (Å²) in [7, 11) is -4.09. The molecule has 3 N–H and O–H groups in total. The minimum atomic E-state index is -4.09. The average Bonchev–Trinajstić information content (AvgIpc) is 2.62. The number of nitrogens with zero attached hydrogens (tertiary/aromatic N) is 2. The number of carbonyl (C=O) groups excluding carboxylic acids is 1. The number of hydrogen-bond donors (Lipinski definition) is 3.